The van der Waals surface area contributed by atoms with Gasteiger partial charge in [0.2, 0.25) is 0 Å². The van der Waals surface area contributed by atoms with E-state index in [0.717, 1.165) is 86.8 Å². The molecule has 0 amide bonds. The van der Waals surface area contributed by atoms with Gasteiger partial charge in [0.15, 0.2) is 27.1 Å². The van der Waals surface area contributed by atoms with E-state index in [1.165, 1.54) is 26.8 Å². The van der Waals surface area contributed by atoms with Gasteiger partial charge in [0.05, 0.1) is 96.0 Å². The van der Waals surface area contributed by atoms with Crippen molar-refractivity contribution in [2.45, 2.75) is 72.8 Å². The highest BCUT2D eigenvalue weighted by atomic mass is 35.5. The van der Waals surface area contributed by atoms with Crippen molar-refractivity contribution in [1.82, 2.24) is 22.8 Å². The molecule has 18 rings (SSSR count). The van der Waals surface area contributed by atoms with E-state index in [2.05, 4.69) is 19.9 Å². The van der Waals surface area contributed by atoms with Crippen molar-refractivity contribution < 1.29 is 58.3 Å². The number of hydrogen-bond acceptors (Lipinski definition) is 12. The van der Waals surface area contributed by atoms with Crippen LogP contribution in [0.2, 0.25) is 40.2 Å². The number of pyridine rings is 5. The number of hydrogen-bond donors (Lipinski definition) is 5. The number of carboxylic acids is 5. The number of carboxylic acid groups (broad SMARTS) is 5. The molecule has 12 aromatic carbocycles. The van der Waals surface area contributed by atoms with Crippen LogP contribution in [0.4, 0.5) is 20.2 Å². The lowest BCUT2D eigenvalue weighted by atomic mass is 9.75. The number of carbonyl (C=O) groups is 5. The number of halogens is 10. The van der Waals surface area contributed by atoms with Gasteiger partial charge in [-0.1, -0.05) is 191 Å². The Morgan fingerprint density at radius 2 is 0.712 bits per heavy atom. The zero-order valence-electron chi connectivity index (χ0n) is 71.1. The lowest BCUT2D eigenvalue weighted by Gasteiger charge is -2.30. The van der Waals surface area contributed by atoms with E-state index in [1.807, 2.05) is 148 Å². The van der Waals surface area contributed by atoms with Crippen LogP contribution in [0.5, 0.6) is 0 Å². The van der Waals surface area contributed by atoms with Crippen LogP contribution >= 0.6 is 92.8 Å². The Morgan fingerprint density at radius 1 is 0.348 bits per heavy atom. The Hall–Kier alpha value is -13.1. The lowest BCUT2D eigenvalue weighted by Crippen LogP contribution is -2.18. The minimum atomic E-state index is -1.23. The first-order chi connectivity index (χ1) is 62.6. The molecule has 0 saturated carbocycles. The third-order valence-corrected chi connectivity index (χ3v) is 25.8. The molecule has 0 aliphatic heterocycles. The first-order valence-corrected chi connectivity index (χ1v) is 43.6. The summed E-state index contributed by atoms with van der Waals surface area (Å²) < 4.78 is 34.6. The highest BCUT2D eigenvalue weighted by Gasteiger charge is 2.28. The summed E-state index contributed by atoms with van der Waals surface area (Å²) in [4.78, 5) is 126. The molecule has 0 fully saturated rings. The molecule has 132 heavy (non-hydrogen) atoms. The van der Waals surface area contributed by atoms with E-state index in [-0.39, 0.29) is 110 Å². The van der Waals surface area contributed by atoms with Crippen molar-refractivity contribution in [2.24, 2.45) is 5.41 Å². The first kappa shape index (κ1) is 95.0. The smallest absolute Gasteiger partial charge is 0.323 e. The van der Waals surface area contributed by atoms with Gasteiger partial charge in [-0.05, 0) is 198 Å². The summed E-state index contributed by atoms with van der Waals surface area (Å²) in [7, 11) is 7.47. The van der Waals surface area contributed by atoms with E-state index < -0.39 is 53.5 Å². The van der Waals surface area contributed by atoms with Gasteiger partial charge in [-0.25, -0.2) is 8.78 Å². The van der Waals surface area contributed by atoms with Crippen molar-refractivity contribution in [3.05, 3.63) is 326 Å². The molecule has 5 aromatic heterocycles. The second kappa shape index (κ2) is 38.7. The van der Waals surface area contributed by atoms with Crippen LogP contribution in [0.15, 0.2) is 236 Å². The van der Waals surface area contributed by atoms with Crippen LogP contribution in [-0.2, 0) is 56.7 Å². The van der Waals surface area contributed by atoms with Crippen molar-refractivity contribution in [3.8, 4) is 22.3 Å². The topological polar surface area (TPSA) is 303 Å². The van der Waals surface area contributed by atoms with E-state index in [1.54, 1.807) is 81.9 Å². The van der Waals surface area contributed by atoms with E-state index in [4.69, 9.17) is 97.9 Å². The van der Waals surface area contributed by atoms with Crippen molar-refractivity contribution in [1.29, 1.82) is 0 Å². The Balaban J connectivity index is 0.000000133. The third-order valence-electron chi connectivity index (χ3n) is 22.7. The second-order valence-electron chi connectivity index (χ2n) is 32.6. The van der Waals surface area contributed by atoms with Gasteiger partial charge < -0.3 is 58.2 Å². The van der Waals surface area contributed by atoms with Gasteiger partial charge >= 0.3 is 29.8 Å². The number of nitrogens with zero attached hydrogens (tertiary/aromatic N) is 7. The average molecular weight is 1940 g/mol. The lowest BCUT2D eigenvalue weighted by molar-refractivity contribution is -0.138. The predicted molar refractivity (Wildman–Crippen MR) is 527 cm³/mol. The summed E-state index contributed by atoms with van der Waals surface area (Å²) in [5.41, 5.74) is 11.2. The minimum Gasteiger partial charge on any atom is -0.480 e. The molecule has 0 unspecified atom stereocenters. The van der Waals surface area contributed by atoms with Gasteiger partial charge in [0.25, 0.3) is 0 Å². The van der Waals surface area contributed by atoms with E-state index in [0.29, 0.717) is 92.2 Å². The van der Waals surface area contributed by atoms with E-state index >= 15 is 0 Å². The molecule has 5 heterocycles. The van der Waals surface area contributed by atoms with Crippen LogP contribution < -0.4 is 36.9 Å². The molecular formula is C100H77Cl8F2N7O15. The molecule has 0 atom stereocenters. The summed E-state index contributed by atoms with van der Waals surface area (Å²) in [6, 6.07) is 58.1. The van der Waals surface area contributed by atoms with Crippen LogP contribution in [0, 0.1) is 24.0 Å². The van der Waals surface area contributed by atoms with Crippen LogP contribution in [0.1, 0.15) is 44.2 Å². The standard InChI is InChI=1S/C23H21Cl2NO3.C22H15Cl2NO3.C21H13Cl2NO3.C19H20ClN3O3.C15H8ClF2NO3/c1-23(2)9-3-4-14(11-23)13-5-8-18-16(10-13)22(29)15-6-7-17(24)20(25)21(15)26(18)12-19(27)28;1-12-3-2-4-13(9-12)14-5-8-18-16(10-14)22(28)15-6-7-17(23)20(24)21(15)25(18)11-19(26)27;22-16-9-8-15-20(19(16)23)24(11-18(25)26)17-10-13(6-7-14(17)21(15)27)12-4-2-1-3-5-12;1-21(2)11-5-6-12-15(9-11)23(10-16(24)25)18-13(19(12)26)7-8-14(17(18)20)22(3)4;16-13-10(18)4-3-9-14(13)19(6-12(20)21)11-5-7(17)1-2-8(11)15(9)22/h4-8,10H,3,9,11-12H2,1-2H3,(H,27,28);2-10H,11H2,1H3,(H,26,27);1-10H,11H2,(H,25,26);5-9H,10H2,1-4H3,(H,24,25);1-5H,6H2,(H,20,21). The normalized spacial score (nSPS) is 12.3. The number of aliphatic carboxylic acids is 5. The van der Waals surface area contributed by atoms with Gasteiger partial charge in [0, 0.05) is 87.7 Å². The van der Waals surface area contributed by atoms with Crippen molar-refractivity contribution in [3.63, 3.8) is 0 Å². The van der Waals surface area contributed by atoms with Crippen LogP contribution in [0.25, 0.3) is 137 Å². The molecule has 1 aliphatic carbocycles. The average Bonchev–Trinajstić information content (AvgIpc) is 0.745. The van der Waals surface area contributed by atoms with E-state index in [9.17, 15) is 77.2 Å². The van der Waals surface area contributed by atoms with Gasteiger partial charge in [-0.3, -0.25) is 47.9 Å². The molecule has 0 spiro atoms. The quantitative estimate of drug-likeness (QED) is 0.0596. The Morgan fingerprint density at radius 3 is 1.17 bits per heavy atom. The molecule has 672 valence electrons. The molecular weight excluding hydrogens is 1860 g/mol. The fourth-order valence-corrected chi connectivity index (χ4v) is 18.6. The van der Waals surface area contributed by atoms with Crippen molar-refractivity contribution in [2.75, 3.05) is 38.0 Å². The van der Waals surface area contributed by atoms with Gasteiger partial charge in [-0.2, -0.15) is 0 Å². The highest BCUT2D eigenvalue weighted by Crippen LogP contribution is 2.43. The number of fused-ring (bicyclic) bond motifs is 10. The molecule has 32 heteroatoms. The highest BCUT2D eigenvalue weighted by molar-refractivity contribution is 6.47. The van der Waals surface area contributed by atoms with Gasteiger partial charge in [0.1, 0.15) is 49.4 Å². The third kappa shape index (κ3) is 19.1. The molecule has 22 nitrogen and oxygen atoms in total. The maximum atomic E-state index is 13.7. The monoisotopic (exact) mass is 1930 g/mol. The zero-order chi connectivity index (χ0) is 95.2. The summed E-state index contributed by atoms with van der Waals surface area (Å²) in [5.74, 6) is -6.75. The fourth-order valence-electron chi connectivity index (χ4n) is 16.7. The molecule has 1 aliphatic rings. The number of rotatable bonds is 15. The Labute approximate surface area is 788 Å². The number of allylic oxidation sites excluding steroid dienone is 2. The molecule has 0 radical (unpaired) electrons. The SMILES string of the molecule is CC1(C)CCC=C(c2ccc3c(c2)c(=O)c2ccc(Cl)c(Cl)c2n3CC(=O)O)C1.CN(C)c1ccc2c(=O)c3ccc(N(C)C)c(Cl)c3n(CC(=O)O)c2c1.Cc1cccc(-c2ccc3c(c2)c(=O)c2ccc(Cl)c(Cl)c2n3CC(=O)O)c1.O=C(O)Cn1c2cc(-c3ccccc3)ccc2c(=O)c2ccc(Cl)c(Cl)c21.O=C(O)Cn1c2cc(F)ccc2c(=O)c2ccc(F)c(Cl)c21. The van der Waals surface area contributed by atoms with Gasteiger partial charge in [-0.15, -0.1) is 0 Å². The summed E-state index contributed by atoms with van der Waals surface area (Å²) in [5, 5.41) is 51.6. The molecule has 0 bridgehead atoms. The number of anilines is 2. The number of aryl methyl sites for hydroxylation is 1. The van der Waals surface area contributed by atoms with Crippen LogP contribution in [0.3, 0.4) is 0 Å². The second-order valence-corrected chi connectivity index (χ2v) is 35.7. The first-order valence-electron chi connectivity index (χ1n) is 40.6. The number of benzene rings is 12. The molecule has 17 aromatic rings. The maximum Gasteiger partial charge on any atom is 0.323 e. The number of aromatic nitrogens is 5. The fraction of sp³-hybridized carbons (Fsp3) is 0.160. The Kier molecular flexibility index (Phi) is 27.9. The summed E-state index contributed by atoms with van der Waals surface area (Å²) in [6.07, 6.45) is 5.32. The maximum absolute atomic E-state index is 13.7. The molecule has 5 N–H and O–H groups in total. The Bertz CT molecular complexity index is 8120. The minimum absolute atomic E-state index is 0.0485. The predicted octanol–water partition coefficient (Wildman–Crippen LogP) is 23.1. The zero-order valence-corrected chi connectivity index (χ0v) is 77.1. The molecule has 0 saturated heterocycles. The van der Waals surface area contributed by atoms with Crippen molar-refractivity contribution >= 4 is 249 Å². The summed E-state index contributed by atoms with van der Waals surface area (Å²) >= 11 is 50.0. The largest absolute Gasteiger partial charge is 0.480 e. The van der Waals surface area contributed by atoms with Crippen LogP contribution in [-0.4, -0.2) is 106 Å². The summed E-state index contributed by atoms with van der Waals surface area (Å²) in [6.45, 7) is 4.63.